The van der Waals surface area contributed by atoms with E-state index in [0.29, 0.717) is 42.0 Å². The lowest BCUT2D eigenvalue weighted by Crippen LogP contribution is -2.55. The molecule has 1 saturated heterocycles. The molecule has 190 valence electrons. The number of amides is 2. The van der Waals surface area contributed by atoms with Crippen LogP contribution in [0.3, 0.4) is 0 Å². The van der Waals surface area contributed by atoms with Gasteiger partial charge in [-0.1, -0.05) is 30.3 Å². The molecular formula is C25H28BrN5O5. The van der Waals surface area contributed by atoms with Crippen LogP contribution < -0.4 is 15.4 Å². The number of hydrogen-bond donors (Lipinski definition) is 4. The Labute approximate surface area is 216 Å². The van der Waals surface area contributed by atoms with Crippen molar-refractivity contribution in [3.63, 3.8) is 0 Å². The number of fused-ring (bicyclic) bond motifs is 1. The maximum Gasteiger partial charge on any atom is 0.407 e. The van der Waals surface area contributed by atoms with E-state index >= 15 is 0 Å². The van der Waals surface area contributed by atoms with E-state index in [0.717, 1.165) is 14.9 Å². The zero-order chi connectivity index (χ0) is 25.5. The molecule has 2 amide bonds. The molecule has 2 aromatic carbocycles. The van der Waals surface area contributed by atoms with Crippen LogP contribution in [0.25, 0.3) is 11.0 Å². The van der Waals surface area contributed by atoms with Gasteiger partial charge in [0.2, 0.25) is 5.91 Å². The molecule has 1 aliphatic rings. The number of nitrogens with zero attached hydrogens (tertiary/aromatic N) is 3. The summed E-state index contributed by atoms with van der Waals surface area (Å²) in [5.74, 6) is 0.718. The Balaban J connectivity index is 1.50. The lowest BCUT2D eigenvalue weighted by molar-refractivity contribution is -0.127. The van der Waals surface area contributed by atoms with E-state index in [1.807, 2.05) is 42.5 Å². The van der Waals surface area contributed by atoms with Crippen LogP contribution in [-0.4, -0.2) is 68.9 Å². The molecular weight excluding hydrogens is 530 g/mol. The zero-order valence-electron chi connectivity index (χ0n) is 19.6. The summed E-state index contributed by atoms with van der Waals surface area (Å²) in [6.07, 6.45) is 1.70. The van der Waals surface area contributed by atoms with Crippen molar-refractivity contribution in [2.75, 3.05) is 25.0 Å². The van der Waals surface area contributed by atoms with E-state index in [-0.39, 0.29) is 38.1 Å². The van der Waals surface area contributed by atoms with Gasteiger partial charge in [0.25, 0.3) is 0 Å². The predicted octanol–water partition coefficient (Wildman–Crippen LogP) is 3.39. The molecule has 36 heavy (non-hydrogen) atoms. The first-order valence-corrected chi connectivity index (χ1v) is 12.5. The highest BCUT2D eigenvalue weighted by atomic mass is 79.9. The van der Waals surface area contributed by atoms with Gasteiger partial charge < -0.3 is 25.6 Å². The van der Waals surface area contributed by atoms with Gasteiger partial charge in [-0.25, -0.2) is 9.78 Å². The van der Waals surface area contributed by atoms with Crippen LogP contribution in [-0.2, 0) is 11.4 Å². The van der Waals surface area contributed by atoms with Crippen molar-refractivity contribution >= 4 is 44.8 Å². The number of hydrogen-bond acceptors (Lipinski definition) is 7. The number of aliphatic hydroxyl groups excluding tert-OH is 1. The van der Waals surface area contributed by atoms with Crippen molar-refractivity contribution in [2.24, 2.45) is 0 Å². The third kappa shape index (κ3) is 6.21. The molecule has 2 heterocycles. The quantitative estimate of drug-likeness (QED) is 0.294. The molecule has 4 N–H and O–H groups in total. The van der Waals surface area contributed by atoms with E-state index in [9.17, 15) is 14.7 Å². The Bertz CT molecular complexity index is 1210. The maximum atomic E-state index is 12.7. The molecule has 4 rings (SSSR count). The standard InChI is InChI=1S/C25H28BrN5O5/c26-18-7-8-19-22(23(18)36-15-16-5-2-1-3-6-16)30-21(14-28-19)29-17-9-11-31(25(34)35)20(13-17)24(33)27-10-4-12-32/h1-3,5-8,14,17,20,32H,4,9-13,15H2,(H,27,33)(H,29,30)(H,34,35)/t17?,20-/m0/s1. The SMILES string of the molecule is O=C(NCCCO)[C@@H]1CC(Nc2cnc3ccc(Br)c(OCc4ccccc4)c3n2)CCN1C(=O)O. The Morgan fingerprint density at radius 3 is 2.75 bits per heavy atom. The minimum atomic E-state index is -1.13. The topological polar surface area (TPSA) is 137 Å². The van der Waals surface area contributed by atoms with Gasteiger partial charge in [0.05, 0.1) is 16.2 Å². The second-order valence-corrected chi connectivity index (χ2v) is 9.35. The largest absolute Gasteiger partial charge is 0.485 e. The van der Waals surface area contributed by atoms with Crippen molar-refractivity contribution < 1.29 is 24.5 Å². The van der Waals surface area contributed by atoms with Gasteiger partial charge in [-0.15, -0.1) is 0 Å². The van der Waals surface area contributed by atoms with Crippen LogP contribution in [0.1, 0.15) is 24.8 Å². The summed E-state index contributed by atoms with van der Waals surface area (Å²) >= 11 is 3.55. The van der Waals surface area contributed by atoms with Crippen LogP contribution in [0.15, 0.2) is 53.1 Å². The van der Waals surface area contributed by atoms with Crippen LogP contribution >= 0.6 is 15.9 Å². The Morgan fingerprint density at radius 2 is 2.00 bits per heavy atom. The van der Waals surface area contributed by atoms with E-state index in [2.05, 4.69) is 31.5 Å². The highest BCUT2D eigenvalue weighted by molar-refractivity contribution is 9.10. The molecule has 0 bridgehead atoms. The number of ether oxygens (including phenoxy) is 1. The minimum absolute atomic E-state index is 0.0500. The van der Waals surface area contributed by atoms with Gasteiger partial charge >= 0.3 is 6.09 Å². The fraction of sp³-hybridized carbons (Fsp3) is 0.360. The number of carbonyl (C=O) groups excluding carboxylic acids is 1. The molecule has 1 aromatic heterocycles. The van der Waals surface area contributed by atoms with Gasteiger partial charge in [-0.3, -0.25) is 14.7 Å². The average molecular weight is 558 g/mol. The summed E-state index contributed by atoms with van der Waals surface area (Å²) in [7, 11) is 0. The molecule has 1 unspecified atom stereocenters. The van der Waals surface area contributed by atoms with Crippen molar-refractivity contribution in [1.29, 1.82) is 0 Å². The molecule has 0 spiro atoms. The first kappa shape index (κ1) is 25.6. The van der Waals surface area contributed by atoms with Crippen molar-refractivity contribution in [3.05, 3.63) is 58.7 Å². The number of aliphatic hydroxyl groups is 1. The van der Waals surface area contributed by atoms with Gasteiger partial charge in [-0.2, -0.15) is 0 Å². The molecule has 11 heteroatoms. The van der Waals surface area contributed by atoms with Crippen LogP contribution in [0, 0.1) is 0 Å². The minimum Gasteiger partial charge on any atom is -0.485 e. The molecule has 0 aliphatic carbocycles. The number of nitrogens with one attached hydrogen (secondary N) is 2. The second-order valence-electron chi connectivity index (χ2n) is 8.50. The van der Waals surface area contributed by atoms with Gasteiger partial charge in [0.1, 0.15) is 24.0 Å². The molecule has 0 radical (unpaired) electrons. The van der Waals surface area contributed by atoms with Crippen molar-refractivity contribution in [3.8, 4) is 5.75 Å². The summed E-state index contributed by atoms with van der Waals surface area (Å²) in [6.45, 7) is 0.821. The Hall–Kier alpha value is -3.44. The van der Waals surface area contributed by atoms with E-state index in [4.69, 9.17) is 14.8 Å². The summed E-state index contributed by atoms with van der Waals surface area (Å²) in [6, 6.07) is 12.5. The number of carboxylic acid groups (broad SMARTS) is 1. The van der Waals surface area contributed by atoms with Crippen molar-refractivity contribution in [2.45, 2.75) is 38.0 Å². The van der Waals surface area contributed by atoms with Gasteiger partial charge in [0, 0.05) is 25.7 Å². The number of piperidine rings is 1. The third-order valence-electron chi connectivity index (χ3n) is 5.98. The molecule has 1 aliphatic heterocycles. The van der Waals surface area contributed by atoms with Gasteiger partial charge in [0.15, 0.2) is 5.75 Å². The number of likely N-dealkylation sites (tertiary alicyclic amines) is 1. The Morgan fingerprint density at radius 1 is 1.19 bits per heavy atom. The molecule has 1 fully saturated rings. The lowest BCUT2D eigenvalue weighted by Gasteiger charge is -2.37. The summed E-state index contributed by atoms with van der Waals surface area (Å²) in [4.78, 5) is 34.8. The number of benzene rings is 2. The number of rotatable bonds is 9. The van der Waals surface area contributed by atoms with Crippen LogP contribution in [0.4, 0.5) is 10.6 Å². The second kappa shape index (κ2) is 12.0. The number of carbonyl (C=O) groups is 2. The van der Waals surface area contributed by atoms with E-state index in [1.165, 1.54) is 0 Å². The molecule has 3 aromatic rings. The Kier molecular flexibility index (Phi) is 8.55. The molecule has 10 nitrogen and oxygen atoms in total. The normalized spacial score (nSPS) is 17.6. The fourth-order valence-corrected chi connectivity index (χ4v) is 4.59. The average Bonchev–Trinajstić information content (AvgIpc) is 2.88. The smallest absolute Gasteiger partial charge is 0.407 e. The number of aromatic nitrogens is 2. The monoisotopic (exact) mass is 557 g/mol. The zero-order valence-corrected chi connectivity index (χ0v) is 21.1. The summed E-state index contributed by atoms with van der Waals surface area (Å²) in [5, 5.41) is 24.5. The third-order valence-corrected chi connectivity index (χ3v) is 6.61. The predicted molar refractivity (Wildman–Crippen MR) is 138 cm³/mol. The summed E-state index contributed by atoms with van der Waals surface area (Å²) < 4.78 is 6.85. The molecule has 0 saturated carbocycles. The number of anilines is 1. The van der Waals surface area contributed by atoms with Gasteiger partial charge in [-0.05, 0) is 52.9 Å². The van der Waals surface area contributed by atoms with Crippen LogP contribution in [0.2, 0.25) is 0 Å². The highest BCUT2D eigenvalue weighted by Crippen LogP contribution is 2.33. The number of halogens is 1. The van der Waals surface area contributed by atoms with E-state index < -0.39 is 12.1 Å². The molecule has 2 atom stereocenters. The fourth-order valence-electron chi connectivity index (χ4n) is 4.16. The van der Waals surface area contributed by atoms with Crippen LogP contribution in [0.5, 0.6) is 5.75 Å². The van der Waals surface area contributed by atoms with Crippen molar-refractivity contribution in [1.82, 2.24) is 20.2 Å². The van der Waals surface area contributed by atoms with E-state index in [1.54, 1.807) is 6.20 Å². The first-order valence-electron chi connectivity index (χ1n) is 11.7. The highest BCUT2D eigenvalue weighted by Gasteiger charge is 2.36. The first-order chi connectivity index (χ1) is 17.5. The maximum absolute atomic E-state index is 12.7. The lowest BCUT2D eigenvalue weighted by atomic mass is 9.96. The summed E-state index contributed by atoms with van der Waals surface area (Å²) in [5.41, 5.74) is 2.29.